The van der Waals surface area contributed by atoms with Crippen LogP contribution in [0.1, 0.15) is 40.0 Å². The Bertz CT molecular complexity index is 474. The van der Waals surface area contributed by atoms with Gasteiger partial charge in [-0.25, -0.2) is 9.59 Å². The summed E-state index contributed by atoms with van der Waals surface area (Å²) in [6.45, 7) is 10.3. The van der Waals surface area contributed by atoms with Gasteiger partial charge in [-0.05, 0) is 23.8 Å². The average molecular weight is 348 g/mol. The van der Waals surface area contributed by atoms with Gasteiger partial charge in [0.05, 0.1) is 12.7 Å². The first-order chi connectivity index (χ1) is 10.5. The number of ether oxygens (including phenoxy) is 1. The van der Waals surface area contributed by atoms with E-state index in [1.165, 1.54) is 0 Å². The number of carbonyl (C=O) groups excluding carboxylic acids is 1. The molecule has 1 saturated heterocycles. The molecule has 0 aromatic heterocycles. The summed E-state index contributed by atoms with van der Waals surface area (Å²) in [5.41, 5.74) is -1.28. The van der Waals surface area contributed by atoms with Gasteiger partial charge in [0.1, 0.15) is 0 Å². The molecule has 6 nitrogen and oxygen atoms in total. The van der Waals surface area contributed by atoms with Crippen LogP contribution in [0.15, 0.2) is 12.2 Å². The van der Waals surface area contributed by atoms with Gasteiger partial charge in [0.25, 0.3) is 0 Å². The second kappa shape index (κ2) is 7.53. The molecule has 23 heavy (non-hydrogen) atoms. The lowest BCUT2D eigenvalue weighted by Gasteiger charge is -2.36. The van der Waals surface area contributed by atoms with Crippen molar-refractivity contribution in [2.24, 2.45) is 5.41 Å². The van der Waals surface area contributed by atoms with Crippen LogP contribution in [-0.2, 0) is 9.53 Å². The normalized spacial score (nSPS) is 23.0. The fraction of sp³-hybridized carbons (Fsp3) is 0.750. The SMILES string of the molecule is C=C1CCN(C(=O)OCCC(C)(C)C)C1(C[C@@H](O)CCl)C(=O)O. The molecule has 2 N–H and O–H groups in total. The molecule has 1 rings (SSSR count). The number of halogens is 1. The summed E-state index contributed by atoms with van der Waals surface area (Å²) in [6, 6.07) is 0. The zero-order valence-electron chi connectivity index (χ0n) is 14.0. The summed E-state index contributed by atoms with van der Waals surface area (Å²) in [5.74, 6) is -1.34. The number of carboxylic acids is 1. The van der Waals surface area contributed by atoms with Gasteiger partial charge in [0, 0.05) is 18.8 Å². The molecule has 0 saturated carbocycles. The van der Waals surface area contributed by atoms with E-state index in [1.807, 2.05) is 20.8 Å². The molecule has 1 heterocycles. The van der Waals surface area contributed by atoms with E-state index in [4.69, 9.17) is 16.3 Å². The molecule has 1 amide bonds. The highest BCUT2D eigenvalue weighted by Crippen LogP contribution is 2.38. The number of carboxylic acid groups (broad SMARTS) is 1. The monoisotopic (exact) mass is 347 g/mol. The number of aliphatic hydroxyl groups is 1. The molecule has 0 radical (unpaired) electrons. The summed E-state index contributed by atoms with van der Waals surface area (Å²) in [4.78, 5) is 25.4. The Labute approximate surface area is 142 Å². The Morgan fingerprint density at radius 1 is 1.48 bits per heavy atom. The number of aliphatic hydroxyl groups excluding tert-OH is 1. The Kier molecular flexibility index (Phi) is 6.48. The van der Waals surface area contributed by atoms with E-state index in [0.29, 0.717) is 18.4 Å². The third-order valence-electron chi connectivity index (χ3n) is 4.04. The number of amides is 1. The smallest absolute Gasteiger partial charge is 0.411 e. The van der Waals surface area contributed by atoms with E-state index in [0.717, 1.165) is 4.90 Å². The predicted octanol–water partition coefficient (Wildman–Crippen LogP) is 2.63. The highest BCUT2D eigenvalue weighted by Gasteiger charge is 2.54. The zero-order chi connectivity index (χ0) is 17.8. The quantitative estimate of drug-likeness (QED) is 0.569. The number of aliphatic carboxylic acids is 1. The maximum absolute atomic E-state index is 12.4. The van der Waals surface area contributed by atoms with Gasteiger partial charge in [-0.2, -0.15) is 0 Å². The molecule has 1 fully saturated rings. The molecular weight excluding hydrogens is 322 g/mol. The predicted molar refractivity (Wildman–Crippen MR) is 87.6 cm³/mol. The Balaban J connectivity index is 2.91. The van der Waals surface area contributed by atoms with Crippen LogP contribution in [-0.4, -0.2) is 57.9 Å². The number of hydrogen-bond donors (Lipinski definition) is 2. The molecule has 2 atom stereocenters. The topological polar surface area (TPSA) is 87.1 Å². The second-order valence-corrected chi connectivity index (χ2v) is 7.42. The minimum Gasteiger partial charge on any atom is -0.479 e. The molecule has 0 aliphatic carbocycles. The van der Waals surface area contributed by atoms with Crippen molar-refractivity contribution in [1.29, 1.82) is 0 Å². The third-order valence-corrected chi connectivity index (χ3v) is 4.40. The van der Waals surface area contributed by atoms with Crippen LogP contribution in [0, 0.1) is 5.41 Å². The van der Waals surface area contributed by atoms with Crippen molar-refractivity contribution in [2.75, 3.05) is 19.0 Å². The van der Waals surface area contributed by atoms with Gasteiger partial charge in [-0.3, -0.25) is 4.90 Å². The summed E-state index contributed by atoms with van der Waals surface area (Å²) in [5, 5.41) is 19.5. The standard InChI is InChI=1S/C16H26ClNO5/c1-11-5-7-18(14(22)23-8-6-15(2,3)4)16(11,13(20)21)9-12(19)10-17/h12,19H,1,5-10H2,2-4H3,(H,20,21)/t12-,16?/m1/s1. The van der Waals surface area contributed by atoms with Crippen molar-refractivity contribution in [3.05, 3.63) is 12.2 Å². The minimum atomic E-state index is -1.66. The van der Waals surface area contributed by atoms with E-state index in [-0.39, 0.29) is 30.9 Å². The average Bonchev–Trinajstić information content (AvgIpc) is 2.75. The van der Waals surface area contributed by atoms with Crippen LogP contribution in [0.5, 0.6) is 0 Å². The molecule has 1 unspecified atom stereocenters. The van der Waals surface area contributed by atoms with Crippen LogP contribution in [0.2, 0.25) is 0 Å². The van der Waals surface area contributed by atoms with Crippen LogP contribution < -0.4 is 0 Å². The molecule has 132 valence electrons. The van der Waals surface area contributed by atoms with Gasteiger partial charge in [0.15, 0.2) is 5.54 Å². The van der Waals surface area contributed by atoms with Crippen molar-refractivity contribution < 1.29 is 24.5 Å². The Morgan fingerprint density at radius 2 is 2.09 bits per heavy atom. The van der Waals surface area contributed by atoms with E-state index in [1.54, 1.807) is 0 Å². The zero-order valence-corrected chi connectivity index (χ0v) is 14.7. The minimum absolute atomic E-state index is 0.00753. The number of nitrogens with zero attached hydrogens (tertiary/aromatic N) is 1. The van der Waals surface area contributed by atoms with Gasteiger partial charge in [-0.1, -0.05) is 27.4 Å². The molecule has 0 aromatic carbocycles. The van der Waals surface area contributed by atoms with E-state index >= 15 is 0 Å². The number of carbonyl (C=O) groups is 2. The first kappa shape index (κ1) is 19.8. The fourth-order valence-corrected chi connectivity index (χ4v) is 2.72. The molecule has 0 aromatic rings. The lowest BCUT2D eigenvalue weighted by molar-refractivity contribution is -0.148. The first-order valence-electron chi connectivity index (χ1n) is 7.64. The maximum atomic E-state index is 12.4. The van der Waals surface area contributed by atoms with Crippen molar-refractivity contribution in [3.8, 4) is 0 Å². The summed E-state index contributed by atoms with van der Waals surface area (Å²) in [7, 11) is 0. The fourth-order valence-electron chi connectivity index (χ4n) is 2.61. The number of rotatable bonds is 6. The molecule has 7 heteroatoms. The lowest BCUT2D eigenvalue weighted by atomic mass is 9.86. The molecular formula is C16H26ClNO5. The van der Waals surface area contributed by atoms with Gasteiger partial charge >= 0.3 is 12.1 Å². The highest BCUT2D eigenvalue weighted by atomic mass is 35.5. The maximum Gasteiger partial charge on any atom is 0.411 e. The molecule has 1 aliphatic heterocycles. The van der Waals surface area contributed by atoms with Crippen LogP contribution in [0.3, 0.4) is 0 Å². The second-order valence-electron chi connectivity index (χ2n) is 7.11. The highest BCUT2D eigenvalue weighted by molar-refractivity contribution is 6.18. The van der Waals surface area contributed by atoms with E-state index in [9.17, 15) is 19.8 Å². The van der Waals surface area contributed by atoms with Gasteiger partial charge < -0.3 is 14.9 Å². The number of hydrogen-bond acceptors (Lipinski definition) is 4. The van der Waals surface area contributed by atoms with E-state index in [2.05, 4.69) is 6.58 Å². The van der Waals surface area contributed by atoms with Crippen LogP contribution in [0.25, 0.3) is 0 Å². The molecule has 1 aliphatic rings. The van der Waals surface area contributed by atoms with Gasteiger partial charge in [-0.15, -0.1) is 11.6 Å². The summed E-state index contributed by atoms with van der Waals surface area (Å²) in [6.07, 6.45) is -0.920. The molecule has 0 spiro atoms. The van der Waals surface area contributed by atoms with Crippen molar-refractivity contribution in [2.45, 2.75) is 51.7 Å². The van der Waals surface area contributed by atoms with Crippen LogP contribution >= 0.6 is 11.6 Å². The van der Waals surface area contributed by atoms with E-state index < -0.39 is 23.7 Å². The lowest BCUT2D eigenvalue weighted by Crippen LogP contribution is -2.56. The van der Waals surface area contributed by atoms with Gasteiger partial charge in [0.2, 0.25) is 0 Å². The largest absolute Gasteiger partial charge is 0.479 e. The summed E-state index contributed by atoms with van der Waals surface area (Å²) < 4.78 is 5.24. The Morgan fingerprint density at radius 3 is 2.57 bits per heavy atom. The number of alkyl halides is 1. The van der Waals surface area contributed by atoms with Crippen molar-refractivity contribution in [1.82, 2.24) is 4.90 Å². The molecule has 0 bridgehead atoms. The van der Waals surface area contributed by atoms with Crippen LogP contribution in [0.4, 0.5) is 4.79 Å². The first-order valence-corrected chi connectivity index (χ1v) is 8.18. The number of likely N-dealkylation sites (tertiary alicyclic amines) is 1. The Hall–Kier alpha value is -1.27. The summed E-state index contributed by atoms with van der Waals surface area (Å²) >= 11 is 5.60. The third kappa shape index (κ3) is 4.61. The van der Waals surface area contributed by atoms with Crippen molar-refractivity contribution >= 4 is 23.7 Å². The van der Waals surface area contributed by atoms with Crippen molar-refractivity contribution in [3.63, 3.8) is 0 Å².